The molecular formula is C20H25Cl2F3N4O. The quantitative estimate of drug-likeness (QED) is 0.711. The Morgan fingerprint density at radius 3 is 2.37 bits per heavy atom. The van der Waals surface area contributed by atoms with Crippen LogP contribution in [0.2, 0.25) is 0 Å². The molecule has 2 heterocycles. The summed E-state index contributed by atoms with van der Waals surface area (Å²) in [6.45, 7) is 3.08. The van der Waals surface area contributed by atoms with Crippen molar-refractivity contribution in [3.63, 3.8) is 0 Å². The summed E-state index contributed by atoms with van der Waals surface area (Å²) in [5, 5.41) is 5.46. The first kappa shape index (κ1) is 26.2. The SMILES string of the molecule is Cc1ccc(-c2cncc(C(=O)NCC(N3CCNCC3)C(F)(F)F)c2)cc1.Cl.Cl. The van der Waals surface area contributed by atoms with Crippen molar-refractivity contribution in [1.82, 2.24) is 20.5 Å². The smallest absolute Gasteiger partial charge is 0.350 e. The van der Waals surface area contributed by atoms with E-state index in [2.05, 4.69) is 15.6 Å². The Morgan fingerprint density at radius 1 is 1.13 bits per heavy atom. The lowest BCUT2D eigenvalue weighted by Crippen LogP contribution is -2.57. The van der Waals surface area contributed by atoms with Crippen LogP contribution in [0.5, 0.6) is 0 Å². The van der Waals surface area contributed by atoms with E-state index < -0.39 is 24.7 Å². The molecule has 1 aliphatic heterocycles. The molecule has 0 spiro atoms. The Labute approximate surface area is 186 Å². The molecule has 1 atom stereocenters. The predicted molar refractivity (Wildman–Crippen MR) is 116 cm³/mol. The first-order valence-corrected chi connectivity index (χ1v) is 9.16. The lowest BCUT2D eigenvalue weighted by atomic mass is 10.0. The summed E-state index contributed by atoms with van der Waals surface area (Å²) in [4.78, 5) is 17.9. The zero-order chi connectivity index (χ0) is 20.1. The maximum Gasteiger partial charge on any atom is 0.405 e. The van der Waals surface area contributed by atoms with E-state index >= 15 is 0 Å². The van der Waals surface area contributed by atoms with E-state index in [-0.39, 0.29) is 30.4 Å². The van der Waals surface area contributed by atoms with Crippen LogP contribution in [0.1, 0.15) is 15.9 Å². The Kier molecular flexibility index (Phi) is 10.0. The highest BCUT2D eigenvalue weighted by Crippen LogP contribution is 2.25. The van der Waals surface area contributed by atoms with E-state index in [1.165, 1.54) is 11.1 Å². The van der Waals surface area contributed by atoms with Crippen LogP contribution >= 0.6 is 24.8 Å². The van der Waals surface area contributed by atoms with Gasteiger partial charge >= 0.3 is 6.18 Å². The van der Waals surface area contributed by atoms with E-state index in [9.17, 15) is 18.0 Å². The monoisotopic (exact) mass is 464 g/mol. The van der Waals surface area contributed by atoms with Crippen molar-refractivity contribution in [2.75, 3.05) is 32.7 Å². The third-order valence-corrected chi connectivity index (χ3v) is 4.81. The van der Waals surface area contributed by atoms with Gasteiger partial charge in [-0.25, -0.2) is 0 Å². The molecule has 5 nitrogen and oxygen atoms in total. The number of piperazine rings is 1. The van der Waals surface area contributed by atoms with Gasteiger partial charge in [0.05, 0.1) is 5.56 Å². The van der Waals surface area contributed by atoms with Crippen LogP contribution in [0.4, 0.5) is 13.2 Å². The van der Waals surface area contributed by atoms with Crippen LogP contribution in [0.3, 0.4) is 0 Å². The number of nitrogens with zero attached hydrogens (tertiary/aromatic N) is 2. The van der Waals surface area contributed by atoms with E-state index in [1.807, 2.05) is 31.2 Å². The van der Waals surface area contributed by atoms with Crippen molar-refractivity contribution in [1.29, 1.82) is 0 Å². The number of hydrogen-bond acceptors (Lipinski definition) is 4. The molecule has 0 aliphatic carbocycles. The van der Waals surface area contributed by atoms with Gasteiger partial charge in [-0.3, -0.25) is 14.7 Å². The van der Waals surface area contributed by atoms with Crippen molar-refractivity contribution in [2.24, 2.45) is 0 Å². The average Bonchev–Trinajstić information content (AvgIpc) is 2.68. The molecule has 1 aliphatic rings. The minimum absolute atomic E-state index is 0. The first-order valence-electron chi connectivity index (χ1n) is 9.16. The Morgan fingerprint density at radius 2 is 1.77 bits per heavy atom. The molecule has 1 aromatic carbocycles. The molecule has 1 aromatic heterocycles. The molecule has 166 valence electrons. The molecule has 0 radical (unpaired) electrons. The third kappa shape index (κ3) is 6.84. The van der Waals surface area contributed by atoms with Gasteiger partial charge in [-0.15, -0.1) is 24.8 Å². The molecule has 3 rings (SSSR count). The molecule has 30 heavy (non-hydrogen) atoms. The van der Waals surface area contributed by atoms with Crippen LogP contribution in [0.25, 0.3) is 11.1 Å². The minimum atomic E-state index is -4.41. The van der Waals surface area contributed by atoms with Gasteiger partial charge < -0.3 is 10.6 Å². The van der Waals surface area contributed by atoms with E-state index in [0.29, 0.717) is 26.2 Å². The molecule has 2 aromatic rings. The van der Waals surface area contributed by atoms with Crippen molar-refractivity contribution >= 4 is 30.7 Å². The summed E-state index contributed by atoms with van der Waals surface area (Å²) in [6.07, 6.45) is -1.42. The zero-order valence-electron chi connectivity index (χ0n) is 16.4. The maximum absolute atomic E-state index is 13.4. The van der Waals surface area contributed by atoms with Gasteiger partial charge in [-0.1, -0.05) is 29.8 Å². The highest BCUT2D eigenvalue weighted by Gasteiger charge is 2.43. The normalized spacial score (nSPS) is 15.5. The van der Waals surface area contributed by atoms with E-state index in [1.54, 1.807) is 12.3 Å². The Balaban J connectivity index is 0.00000225. The van der Waals surface area contributed by atoms with Gasteiger partial charge in [-0.05, 0) is 18.6 Å². The number of rotatable bonds is 5. The molecule has 0 bridgehead atoms. The highest BCUT2D eigenvalue weighted by molar-refractivity contribution is 5.95. The average molecular weight is 465 g/mol. The standard InChI is InChI=1S/C20H23F3N4O.2ClH/c1-14-2-4-15(5-3-14)16-10-17(12-25-11-16)19(28)26-13-18(20(21,22)23)27-8-6-24-7-9-27;;/h2-5,10-12,18,24H,6-9,13H2,1H3,(H,26,28);2*1H. The second-order valence-corrected chi connectivity index (χ2v) is 6.88. The number of hydrogen-bond donors (Lipinski definition) is 2. The van der Waals surface area contributed by atoms with Gasteiger partial charge in [0.2, 0.25) is 0 Å². The summed E-state index contributed by atoms with van der Waals surface area (Å²) in [7, 11) is 0. The summed E-state index contributed by atoms with van der Waals surface area (Å²) >= 11 is 0. The van der Waals surface area contributed by atoms with Crippen molar-refractivity contribution in [2.45, 2.75) is 19.1 Å². The molecule has 10 heteroatoms. The number of benzene rings is 1. The number of nitrogens with one attached hydrogen (secondary N) is 2. The second-order valence-electron chi connectivity index (χ2n) is 6.88. The first-order chi connectivity index (χ1) is 13.3. The Bertz CT molecular complexity index is 812. The van der Waals surface area contributed by atoms with Crippen molar-refractivity contribution in [3.8, 4) is 11.1 Å². The molecule has 2 N–H and O–H groups in total. The highest BCUT2D eigenvalue weighted by atomic mass is 35.5. The van der Waals surface area contributed by atoms with Gasteiger partial charge in [0.15, 0.2) is 0 Å². The lowest BCUT2D eigenvalue weighted by molar-refractivity contribution is -0.183. The largest absolute Gasteiger partial charge is 0.405 e. The van der Waals surface area contributed by atoms with Crippen molar-refractivity contribution < 1.29 is 18.0 Å². The fourth-order valence-electron chi connectivity index (χ4n) is 3.21. The van der Waals surface area contributed by atoms with Crippen LogP contribution in [0, 0.1) is 6.92 Å². The van der Waals surface area contributed by atoms with Crippen LogP contribution < -0.4 is 10.6 Å². The number of pyridine rings is 1. The molecule has 1 unspecified atom stereocenters. The summed E-state index contributed by atoms with van der Waals surface area (Å²) in [6, 6.07) is 7.66. The van der Waals surface area contributed by atoms with Crippen LogP contribution in [-0.2, 0) is 0 Å². The number of aromatic nitrogens is 1. The van der Waals surface area contributed by atoms with E-state index in [4.69, 9.17) is 0 Å². The number of halogens is 5. The zero-order valence-corrected chi connectivity index (χ0v) is 18.0. The van der Waals surface area contributed by atoms with Crippen LogP contribution in [0.15, 0.2) is 42.7 Å². The molecule has 1 amide bonds. The third-order valence-electron chi connectivity index (χ3n) is 4.81. The topological polar surface area (TPSA) is 57.3 Å². The second kappa shape index (κ2) is 11.5. The number of aryl methyl sites for hydroxylation is 1. The molecule has 1 fully saturated rings. The van der Waals surface area contributed by atoms with Gasteiger partial charge in [-0.2, -0.15) is 13.2 Å². The predicted octanol–water partition coefficient (Wildman–Crippen LogP) is 3.47. The van der Waals surface area contributed by atoms with Gasteiger partial charge in [0, 0.05) is 50.7 Å². The summed E-state index contributed by atoms with van der Waals surface area (Å²) < 4.78 is 40.3. The van der Waals surface area contributed by atoms with E-state index in [0.717, 1.165) is 16.7 Å². The Hall–Kier alpha value is -1.87. The van der Waals surface area contributed by atoms with Gasteiger partial charge in [0.1, 0.15) is 6.04 Å². The maximum atomic E-state index is 13.4. The van der Waals surface area contributed by atoms with Crippen LogP contribution in [-0.4, -0.2) is 60.7 Å². The number of alkyl halides is 3. The fraction of sp³-hybridized carbons (Fsp3) is 0.400. The number of amides is 1. The number of carbonyl (C=O) groups is 1. The number of carbonyl (C=O) groups excluding carboxylic acids is 1. The molecular weight excluding hydrogens is 440 g/mol. The van der Waals surface area contributed by atoms with Gasteiger partial charge in [0.25, 0.3) is 5.91 Å². The van der Waals surface area contributed by atoms with Crippen molar-refractivity contribution in [3.05, 3.63) is 53.9 Å². The minimum Gasteiger partial charge on any atom is -0.350 e. The molecule has 0 saturated carbocycles. The lowest BCUT2D eigenvalue weighted by Gasteiger charge is -2.35. The summed E-state index contributed by atoms with van der Waals surface area (Å²) in [5.74, 6) is -0.564. The summed E-state index contributed by atoms with van der Waals surface area (Å²) in [5.41, 5.74) is 2.97. The molecule has 1 saturated heterocycles. The fourth-order valence-corrected chi connectivity index (χ4v) is 3.21.